The van der Waals surface area contributed by atoms with E-state index in [2.05, 4.69) is 26.1 Å². The molecule has 1 atom stereocenters. The summed E-state index contributed by atoms with van der Waals surface area (Å²) >= 11 is 5.24. The first-order chi connectivity index (χ1) is 12.1. The van der Waals surface area contributed by atoms with Gasteiger partial charge in [-0.25, -0.2) is 4.39 Å². The van der Waals surface area contributed by atoms with E-state index in [4.69, 9.17) is 4.74 Å². The number of rotatable bonds is 5. The Morgan fingerprint density at radius 3 is 2.96 bits per heavy atom. The van der Waals surface area contributed by atoms with E-state index in [-0.39, 0.29) is 17.3 Å². The molecule has 1 amide bonds. The van der Waals surface area contributed by atoms with Crippen LogP contribution in [0.5, 0.6) is 0 Å². The van der Waals surface area contributed by atoms with Crippen LogP contribution in [0.15, 0.2) is 28.7 Å². The predicted octanol–water partition coefficient (Wildman–Crippen LogP) is 2.93. The lowest BCUT2D eigenvalue weighted by atomic mass is 9.95. The van der Waals surface area contributed by atoms with Crippen LogP contribution in [0.25, 0.3) is 6.08 Å². The molecule has 0 spiro atoms. The summed E-state index contributed by atoms with van der Waals surface area (Å²) in [5.41, 5.74) is 0.405. The summed E-state index contributed by atoms with van der Waals surface area (Å²) in [5.74, 6) is 1.61. The third-order valence-electron chi connectivity index (χ3n) is 4.73. The molecule has 1 unspecified atom stereocenters. The molecule has 136 valence electrons. The second-order valence-electron chi connectivity index (χ2n) is 6.34. The number of carbonyl (C=O) groups excluding carboxylic acids is 1. The van der Waals surface area contributed by atoms with Crippen molar-refractivity contribution in [3.63, 3.8) is 0 Å². The molecular weight excluding hydrogens is 407 g/mol. The number of hydrogen-bond acceptors (Lipinski definition) is 4. The Labute approximate surface area is 160 Å². The largest absolute Gasteiger partial charge is 0.379 e. The summed E-state index contributed by atoms with van der Waals surface area (Å²) in [6.45, 7) is 3.94. The van der Waals surface area contributed by atoms with Crippen molar-refractivity contribution in [3.8, 4) is 0 Å². The Hall–Kier alpha value is -0.890. The molecule has 2 aliphatic heterocycles. The molecule has 2 aliphatic rings. The van der Waals surface area contributed by atoms with Crippen LogP contribution in [-0.4, -0.2) is 60.7 Å². The highest BCUT2D eigenvalue weighted by molar-refractivity contribution is 9.10. The zero-order valence-corrected chi connectivity index (χ0v) is 16.4. The summed E-state index contributed by atoms with van der Waals surface area (Å²) < 4.78 is 20.0. The number of benzene rings is 1. The van der Waals surface area contributed by atoms with Gasteiger partial charge >= 0.3 is 0 Å². The molecule has 3 rings (SSSR count). The normalized spacial score (nSPS) is 24.7. The van der Waals surface area contributed by atoms with E-state index in [1.165, 1.54) is 18.2 Å². The van der Waals surface area contributed by atoms with Crippen molar-refractivity contribution < 1.29 is 13.9 Å². The highest BCUT2D eigenvalue weighted by atomic mass is 79.9. The second kappa shape index (κ2) is 8.66. The van der Waals surface area contributed by atoms with E-state index in [1.807, 2.05) is 11.8 Å². The van der Waals surface area contributed by atoms with Gasteiger partial charge in [-0.3, -0.25) is 9.69 Å². The lowest BCUT2D eigenvalue weighted by molar-refractivity contribution is -0.117. The number of halogens is 2. The molecule has 1 aromatic carbocycles. The summed E-state index contributed by atoms with van der Waals surface area (Å²) in [5, 5.41) is 3.01. The van der Waals surface area contributed by atoms with Gasteiger partial charge in [0, 0.05) is 47.0 Å². The van der Waals surface area contributed by atoms with Gasteiger partial charge in [0.2, 0.25) is 5.91 Å². The molecule has 2 saturated heterocycles. The van der Waals surface area contributed by atoms with Crippen LogP contribution in [0.4, 0.5) is 4.39 Å². The average Bonchev–Trinajstić information content (AvgIpc) is 3.12. The van der Waals surface area contributed by atoms with Crippen LogP contribution in [0.2, 0.25) is 0 Å². The van der Waals surface area contributed by atoms with Gasteiger partial charge in [0.05, 0.1) is 13.2 Å². The van der Waals surface area contributed by atoms with E-state index in [0.29, 0.717) is 12.1 Å². The highest BCUT2D eigenvalue weighted by Crippen LogP contribution is 2.33. The van der Waals surface area contributed by atoms with E-state index in [1.54, 1.807) is 12.1 Å². The molecule has 1 N–H and O–H groups in total. The topological polar surface area (TPSA) is 41.6 Å². The number of thioether (sulfide) groups is 1. The van der Waals surface area contributed by atoms with Crippen molar-refractivity contribution in [2.45, 2.75) is 12.0 Å². The van der Waals surface area contributed by atoms with Crippen molar-refractivity contribution in [2.75, 3.05) is 44.4 Å². The van der Waals surface area contributed by atoms with Crippen molar-refractivity contribution in [2.24, 2.45) is 0 Å². The van der Waals surface area contributed by atoms with Crippen LogP contribution < -0.4 is 5.32 Å². The Morgan fingerprint density at radius 1 is 1.44 bits per heavy atom. The molecule has 0 aromatic heterocycles. The van der Waals surface area contributed by atoms with Crippen LogP contribution in [-0.2, 0) is 9.53 Å². The fourth-order valence-corrected chi connectivity index (χ4v) is 5.11. The van der Waals surface area contributed by atoms with Crippen molar-refractivity contribution in [1.29, 1.82) is 0 Å². The number of nitrogens with zero attached hydrogens (tertiary/aromatic N) is 1. The van der Waals surface area contributed by atoms with Gasteiger partial charge in [-0.15, -0.1) is 0 Å². The quantitative estimate of drug-likeness (QED) is 0.731. The van der Waals surface area contributed by atoms with E-state index in [9.17, 15) is 9.18 Å². The van der Waals surface area contributed by atoms with Crippen LogP contribution in [0.1, 0.15) is 12.0 Å². The second-order valence-corrected chi connectivity index (χ2v) is 8.36. The van der Waals surface area contributed by atoms with Crippen molar-refractivity contribution >= 4 is 39.7 Å². The molecule has 0 aliphatic carbocycles. The summed E-state index contributed by atoms with van der Waals surface area (Å²) in [6.07, 6.45) is 3.99. The minimum Gasteiger partial charge on any atom is -0.379 e. The first-order valence-corrected chi connectivity index (χ1v) is 10.4. The van der Waals surface area contributed by atoms with Crippen LogP contribution in [0.3, 0.4) is 0 Å². The molecule has 25 heavy (non-hydrogen) atoms. The molecular formula is C18H22BrFN2O2S. The number of carbonyl (C=O) groups is 1. The van der Waals surface area contributed by atoms with Gasteiger partial charge in [-0.2, -0.15) is 11.8 Å². The fraction of sp³-hybridized carbons (Fsp3) is 0.500. The maximum absolute atomic E-state index is 13.7. The van der Waals surface area contributed by atoms with Crippen LogP contribution >= 0.6 is 27.7 Å². The molecule has 0 saturated carbocycles. The zero-order chi connectivity index (χ0) is 17.7. The van der Waals surface area contributed by atoms with Gasteiger partial charge < -0.3 is 10.1 Å². The number of hydrogen-bond donors (Lipinski definition) is 1. The molecule has 0 radical (unpaired) electrons. The highest BCUT2D eigenvalue weighted by Gasteiger charge is 2.40. The predicted molar refractivity (Wildman–Crippen MR) is 103 cm³/mol. The van der Waals surface area contributed by atoms with Gasteiger partial charge in [0.15, 0.2) is 0 Å². The number of nitrogens with one attached hydrogen (secondary N) is 1. The average molecular weight is 429 g/mol. The SMILES string of the molecule is O=C(C=Cc1cc(Br)ccc1F)NCC1(N2CCOCC2)CCSC1. The number of amides is 1. The fourth-order valence-electron chi connectivity index (χ4n) is 3.25. The van der Waals surface area contributed by atoms with Crippen LogP contribution in [0, 0.1) is 5.82 Å². The standard InChI is InChI=1S/C18H22BrFN2O2S/c19-15-2-3-16(20)14(11-15)1-4-17(23)21-12-18(5-10-25-13-18)22-6-8-24-9-7-22/h1-4,11H,5-10,12-13H2,(H,21,23). The Bertz CT molecular complexity index is 644. The van der Waals surface area contributed by atoms with E-state index < -0.39 is 0 Å². The maximum atomic E-state index is 13.7. The van der Waals surface area contributed by atoms with Gasteiger partial charge in [-0.1, -0.05) is 15.9 Å². The lowest BCUT2D eigenvalue weighted by Gasteiger charge is -2.42. The number of ether oxygens (including phenoxy) is 1. The molecule has 7 heteroatoms. The third kappa shape index (κ3) is 4.84. The maximum Gasteiger partial charge on any atom is 0.244 e. The van der Waals surface area contributed by atoms with Crippen molar-refractivity contribution in [3.05, 3.63) is 40.1 Å². The lowest BCUT2D eigenvalue weighted by Crippen LogP contribution is -2.59. The van der Waals surface area contributed by atoms with Gasteiger partial charge in [0.25, 0.3) is 0 Å². The molecule has 2 fully saturated rings. The number of morpholine rings is 1. The minimum absolute atomic E-state index is 0.0129. The van der Waals surface area contributed by atoms with Gasteiger partial charge in [0.1, 0.15) is 5.82 Å². The Morgan fingerprint density at radius 2 is 2.24 bits per heavy atom. The Kier molecular flexibility index (Phi) is 6.55. The first kappa shape index (κ1) is 18.9. The monoisotopic (exact) mass is 428 g/mol. The van der Waals surface area contributed by atoms with E-state index >= 15 is 0 Å². The van der Waals surface area contributed by atoms with Crippen molar-refractivity contribution in [1.82, 2.24) is 10.2 Å². The summed E-state index contributed by atoms with van der Waals surface area (Å²) in [4.78, 5) is 14.7. The zero-order valence-electron chi connectivity index (χ0n) is 14.0. The minimum atomic E-state index is -0.343. The smallest absolute Gasteiger partial charge is 0.244 e. The third-order valence-corrected chi connectivity index (χ3v) is 6.46. The molecule has 2 heterocycles. The summed E-state index contributed by atoms with van der Waals surface area (Å²) in [7, 11) is 0. The Balaban J connectivity index is 1.60. The van der Waals surface area contributed by atoms with Gasteiger partial charge in [-0.05, 0) is 36.4 Å². The molecule has 4 nitrogen and oxygen atoms in total. The first-order valence-electron chi connectivity index (χ1n) is 8.41. The molecule has 0 bridgehead atoms. The summed E-state index contributed by atoms with van der Waals surface area (Å²) in [6, 6.07) is 4.67. The molecule has 1 aromatic rings. The van der Waals surface area contributed by atoms with E-state index in [0.717, 1.165) is 48.7 Å².